The van der Waals surface area contributed by atoms with Gasteiger partial charge in [0.05, 0.1) is 11.2 Å². The van der Waals surface area contributed by atoms with Crippen LogP contribution in [-0.4, -0.2) is 27.5 Å². The van der Waals surface area contributed by atoms with E-state index >= 15 is 0 Å². The molecule has 0 radical (unpaired) electrons. The standard InChI is InChI=1S/C16H14N4O2/c21-10-20-6-4-11-7-12(1-2-15(11)20)22-16-13-3-5-17-8-14(13)18-9-19-16/h1-2,4,6-7,9-10,17H,3,5,8H2. The van der Waals surface area contributed by atoms with E-state index in [-0.39, 0.29) is 0 Å². The Kier molecular flexibility index (Phi) is 3.08. The van der Waals surface area contributed by atoms with Crippen molar-refractivity contribution in [1.82, 2.24) is 19.9 Å². The van der Waals surface area contributed by atoms with Gasteiger partial charge < -0.3 is 10.1 Å². The highest BCUT2D eigenvalue weighted by Gasteiger charge is 2.16. The third-order valence-electron chi connectivity index (χ3n) is 3.86. The average Bonchev–Trinajstić information content (AvgIpc) is 2.97. The lowest BCUT2D eigenvalue weighted by Crippen LogP contribution is -2.25. The van der Waals surface area contributed by atoms with Crippen molar-refractivity contribution in [1.29, 1.82) is 0 Å². The van der Waals surface area contributed by atoms with E-state index in [4.69, 9.17) is 4.74 Å². The van der Waals surface area contributed by atoms with E-state index in [1.54, 1.807) is 6.20 Å². The van der Waals surface area contributed by atoms with Crippen LogP contribution < -0.4 is 10.1 Å². The SMILES string of the molecule is O=Cn1ccc2cc(Oc3ncnc4c3CCNC4)ccc21. The molecule has 1 aromatic carbocycles. The molecule has 0 atom stereocenters. The number of nitrogens with zero attached hydrogens (tertiary/aromatic N) is 3. The number of carbonyl (C=O) groups is 1. The molecule has 4 rings (SSSR count). The van der Waals surface area contributed by atoms with Crippen LogP contribution in [0.25, 0.3) is 10.9 Å². The summed E-state index contributed by atoms with van der Waals surface area (Å²) >= 11 is 0. The fourth-order valence-electron chi connectivity index (χ4n) is 2.75. The minimum Gasteiger partial charge on any atom is -0.439 e. The van der Waals surface area contributed by atoms with Crippen LogP contribution in [0.2, 0.25) is 0 Å². The fraction of sp³-hybridized carbons (Fsp3) is 0.188. The molecule has 0 saturated carbocycles. The van der Waals surface area contributed by atoms with Gasteiger partial charge in [0.25, 0.3) is 0 Å². The number of hydrogen-bond donors (Lipinski definition) is 1. The molecule has 0 fully saturated rings. The largest absolute Gasteiger partial charge is 0.439 e. The number of carbonyl (C=O) groups excluding carboxylic acids is 1. The first-order chi connectivity index (χ1) is 10.8. The molecule has 0 saturated heterocycles. The van der Waals surface area contributed by atoms with Crippen LogP contribution in [0, 0.1) is 0 Å². The number of ether oxygens (including phenoxy) is 1. The molecule has 1 aliphatic rings. The summed E-state index contributed by atoms with van der Waals surface area (Å²) in [7, 11) is 0. The van der Waals surface area contributed by atoms with E-state index in [1.165, 1.54) is 10.9 Å². The first kappa shape index (κ1) is 13.0. The minimum absolute atomic E-state index is 0.612. The van der Waals surface area contributed by atoms with Crippen molar-refractivity contribution < 1.29 is 9.53 Å². The monoisotopic (exact) mass is 294 g/mol. The summed E-state index contributed by atoms with van der Waals surface area (Å²) in [6, 6.07) is 7.51. The lowest BCUT2D eigenvalue weighted by atomic mass is 10.1. The van der Waals surface area contributed by atoms with Crippen molar-refractivity contribution in [3.8, 4) is 11.6 Å². The third kappa shape index (κ3) is 2.14. The molecule has 3 aromatic rings. The molecular formula is C16H14N4O2. The van der Waals surface area contributed by atoms with E-state index in [2.05, 4.69) is 15.3 Å². The van der Waals surface area contributed by atoms with Gasteiger partial charge in [-0.1, -0.05) is 0 Å². The van der Waals surface area contributed by atoms with Crippen molar-refractivity contribution in [3.05, 3.63) is 48.0 Å². The van der Waals surface area contributed by atoms with Gasteiger partial charge in [0.1, 0.15) is 12.1 Å². The summed E-state index contributed by atoms with van der Waals surface area (Å²) in [6.07, 6.45) is 4.91. The lowest BCUT2D eigenvalue weighted by molar-refractivity contribution is 0.446. The van der Waals surface area contributed by atoms with Gasteiger partial charge in [0.2, 0.25) is 12.3 Å². The molecule has 0 aliphatic carbocycles. The van der Waals surface area contributed by atoms with Gasteiger partial charge in [-0.05, 0) is 37.2 Å². The normalized spacial score (nSPS) is 13.8. The highest BCUT2D eigenvalue weighted by atomic mass is 16.5. The molecule has 1 aliphatic heterocycles. The summed E-state index contributed by atoms with van der Waals surface area (Å²) in [6.45, 7) is 1.65. The Morgan fingerprint density at radius 3 is 3.14 bits per heavy atom. The van der Waals surface area contributed by atoms with E-state index < -0.39 is 0 Å². The third-order valence-corrected chi connectivity index (χ3v) is 3.86. The molecule has 2 aromatic heterocycles. The maximum atomic E-state index is 10.9. The Hall–Kier alpha value is -2.73. The van der Waals surface area contributed by atoms with Crippen LogP contribution in [0.5, 0.6) is 11.6 Å². The maximum absolute atomic E-state index is 10.9. The van der Waals surface area contributed by atoms with Crippen LogP contribution in [-0.2, 0) is 17.8 Å². The second kappa shape index (κ2) is 5.23. The number of hydrogen-bond acceptors (Lipinski definition) is 5. The zero-order valence-electron chi connectivity index (χ0n) is 11.8. The molecule has 0 bridgehead atoms. The number of benzene rings is 1. The first-order valence-electron chi connectivity index (χ1n) is 7.12. The Balaban J connectivity index is 1.70. The minimum atomic E-state index is 0.612. The van der Waals surface area contributed by atoms with Crippen molar-refractivity contribution in [2.24, 2.45) is 0 Å². The second-order valence-electron chi connectivity index (χ2n) is 5.18. The van der Waals surface area contributed by atoms with Gasteiger partial charge in [-0.2, -0.15) is 0 Å². The number of fused-ring (bicyclic) bond motifs is 2. The molecule has 0 spiro atoms. The lowest BCUT2D eigenvalue weighted by Gasteiger charge is -2.18. The van der Waals surface area contributed by atoms with Gasteiger partial charge in [0.15, 0.2) is 0 Å². The van der Waals surface area contributed by atoms with Crippen molar-refractivity contribution in [2.75, 3.05) is 6.54 Å². The van der Waals surface area contributed by atoms with Gasteiger partial charge >= 0.3 is 0 Å². The average molecular weight is 294 g/mol. The Bertz CT molecular complexity index is 856. The highest BCUT2D eigenvalue weighted by Crippen LogP contribution is 2.28. The highest BCUT2D eigenvalue weighted by molar-refractivity contribution is 5.86. The molecule has 0 unspecified atom stereocenters. The summed E-state index contributed by atoms with van der Waals surface area (Å²) in [4.78, 5) is 19.5. The Labute approximate surface area is 126 Å². The van der Waals surface area contributed by atoms with E-state index in [0.717, 1.165) is 48.1 Å². The van der Waals surface area contributed by atoms with Crippen LogP contribution >= 0.6 is 0 Å². The fourth-order valence-corrected chi connectivity index (χ4v) is 2.75. The quantitative estimate of drug-likeness (QED) is 0.747. The van der Waals surface area contributed by atoms with Crippen LogP contribution in [0.3, 0.4) is 0 Å². The number of rotatable bonds is 3. The van der Waals surface area contributed by atoms with E-state index in [9.17, 15) is 4.79 Å². The second-order valence-corrected chi connectivity index (χ2v) is 5.18. The molecule has 110 valence electrons. The maximum Gasteiger partial charge on any atom is 0.225 e. The summed E-state index contributed by atoms with van der Waals surface area (Å²) in [5.41, 5.74) is 2.91. The Morgan fingerprint density at radius 2 is 2.23 bits per heavy atom. The predicted molar refractivity (Wildman–Crippen MR) is 81.6 cm³/mol. The molecule has 6 heteroatoms. The molecule has 1 N–H and O–H groups in total. The zero-order chi connectivity index (χ0) is 14.9. The first-order valence-corrected chi connectivity index (χ1v) is 7.12. The van der Waals surface area contributed by atoms with Gasteiger partial charge in [-0.15, -0.1) is 0 Å². The molecule has 0 amide bonds. The Morgan fingerprint density at radius 1 is 1.27 bits per heavy atom. The van der Waals surface area contributed by atoms with Crippen LogP contribution in [0.1, 0.15) is 11.3 Å². The molecule has 22 heavy (non-hydrogen) atoms. The van der Waals surface area contributed by atoms with Crippen molar-refractivity contribution in [3.63, 3.8) is 0 Å². The smallest absolute Gasteiger partial charge is 0.225 e. The number of aromatic nitrogens is 3. The predicted octanol–water partition coefficient (Wildman–Crippen LogP) is 1.91. The molecular weight excluding hydrogens is 280 g/mol. The molecule has 6 nitrogen and oxygen atoms in total. The van der Waals surface area contributed by atoms with Crippen LogP contribution in [0.4, 0.5) is 0 Å². The van der Waals surface area contributed by atoms with Gasteiger partial charge in [-0.25, -0.2) is 9.97 Å². The van der Waals surface area contributed by atoms with Crippen LogP contribution in [0.15, 0.2) is 36.8 Å². The summed E-state index contributed by atoms with van der Waals surface area (Å²) in [5, 5.41) is 4.24. The van der Waals surface area contributed by atoms with E-state index in [1.807, 2.05) is 24.3 Å². The topological polar surface area (TPSA) is 69.0 Å². The van der Waals surface area contributed by atoms with Gasteiger partial charge in [0, 0.05) is 23.7 Å². The number of nitrogens with one attached hydrogen (secondary N) is 1. The van der Waals surface area contributed by atoms with Crippen molar-refractivity contribution >= 4 is 17.3 Å². The summed E-state index contributed by atoms with van der Waals surface area (Å²) < 4.78 is 7.49. The van der Waals surface area contributed by atoms with Crippen molar-refractivity contribution in [2.45, 2.75) is 13.0 Å². The van der Waals surface area contributed by atoms with Gasteiger partial charge in [-0.3, -0.25) is 9.36 Å². The van der Waals surface area contributed by atoms with E-state index in [0.29, 0.717) is 11.6 Å². The summed E-state index contributed by atoms with van der Waals surface area (Å²) in [5.74, 6) is 1.32. The molecule has 3 heterocycles. The zero-order valence-corrected chi connectivity index (χ0v) is 11.8.